The van der Waals surface area contributed by atoms with Crippen molar-refractivity contribution < 1.29 is 9.59 Å². The number of piperazine rings is 1. The summed E-state index contributed by atoms with van der Waals surface area (Å²) in [5.74, 6) is -0.0412. The number of hydrogen-bond acceptors (Lipinski definition) is 3. The van der Waals surface area contributed by atoms with Crippen LogP contribution in [-0.2, 0) is 9.59 Å². The second-order valence-corrected chi connectivity index (χ2v) is 4.99. The van der Waals surface area contributed by atoms with E-state index in [1.165, 1.54) is 12.8 Å². The van der Waals surface area contributed by atoms with Crippen LogP contribution in [0.1, 0.15) is 32.6 Å². The summed E-state index contributed by atoms with van der Waals surface area (Å²) in [7, 11) is 0. The van der Waals surface area contributed by atoms with E-state index in [-0.39, 0.29) is 29.9 Å². The Hall–Kier alpha value is -1.10. The van der Waals surface area contributed by atoms with Gasteiger partial charge in [0.05, 0.1) is 6.54 Å². The molecule has 0 aromatic carbocycles. The van der Waals surface area contributed by atoms with E-state index in [4.69, 9.17) is 0 Å². The molecule has 0 aromatic heterocycles. The molecule has 3 N–H and O–H groups in total. The molecule has 5 heteroatoms. The van der Waals surface area contributed by atoms with Crippen LogP contribution >= 0.6 is 0 Å². The number of nitrogens with one attached hydrogen (secondary N) is 3. The Labute approximate surface area is 95.3 Å². The molecule has 2 aliphatic rings. The van der Waals surface area contributed by atoms with Gasteiger partial charge in [-0.3, -0.25) is 14.9 Å². The van der Waals surface area contributed by atoms with Crippen molar-refractivity contribution in [3.05, 3.63) is 0 Å². The van der Waals surface area contributed by atoms with E-state index in [1.807, 2.05) is 0 Å². The zero-order valence-corrected chi connectivity index (χ0v) is 9.64. The average molecular weight is 225 g/mol. The highest BCUT2D eigenvalue weighted by molar-refractivity contribution is 5.87. The Balaban J connectivity index is 1.85. The summed E-state index contributed by atoms with van der Waals surface area (Å²) < 4.78 is 0. The number of carbonyl (C=O) groups excluding carboxylic acids is 2. The number of amides is 2. The Bertz CT molecular complexity index is 288. The number of hydrogen-bond donors (Lipinski definition) is 3. The molecule has 0 spiro atoms. The monoisotopic (exact) mass is 225 g/mol. The van der Waals surface area contributed by atoms with Gasteiger partial charge in [-0.25, -0.2) is 0 Å². The van der Waals surface area contributed by atoms with E-state index >= 15 is 0 Å². The minimum atomic E-state index is -0.282. The molecule has 1 heterocycles. The highest BCUT2D eigenvalue weighted by Gasteiger charge is 2.33. The van der Waals surface area contributed by atoms with Gasteiger partial charge in [-0.15, -0.1) is 0 Å². The zero-order chi connectivity index (χ0) is 11.6. The van der Waals surface area contributed by atoms with E-state index in [1.54, 1.807) is 0 Å². The van der Waals surface area contributed by atoms with E-state index < -0.39 is 0 Å². The smallest absolute Gasteiger partial charge is 0.239 e. The molecule has 1 unspecified atom stereocenters. The fourth-order valence-corrected chi connectivity index (χ4v) is 2.42. The molecule has 0 aromatic rings. The first-order chi connectivity index (χ1) is 7.59. The predicted molar refractivity (Wildman–Crippen MR) is 59.8 cm³/mol. The molecule has 1 aliphatic carbocycles. The van der Waals surface area contributed by atoms with Gasteiger partial charge in [0.2, 0.25) is 11.8 Å². The van der Waals surface area contributed by atoms with Crippen LogP contribution in [0.15, 0.2) is 0 Å². The van der Waals surface area contributed by atoms with Gasteiger partial charge in [0, 0.05) is 12.1 Å². The maximum absolute atomic E-state index is 11.9. The number of rotatable bonds is 2. The van der Waals surface area contributed by atoms with E-state index in [0.29, 0.717) is 6.54 Å². The highest BCUT2D eigenvalue weighted by Crippen LogP contribution is 2.28. The molecule has 5 nitrogen and oxygen atoms in total. The standard InChI is InChI=1S/C11H19N3O2/c1-11(4-2-3-5-11)14-10(16)8-6-13-9(15)7-12-8/h8,12H,2-7H2,1H3,(H,13,15)(H,14,16). The van der Waals surface area contributed by atoms with Gasteiger partial charge in [0.15, 0.2) is 0 Å². The topological polar surface area (TPSA) is 70.2 Å². The lowest BCUT2D eigenvalue weighted by molar-refractivity contribution is -0.127. The largest absolute Gasteiger partial charge is 0.353 e. The van der Waals surface area contributed by atoms with Crippen LogP contribution in [0.5, 0.6) is 0 Å². The van der Waals surface area contributed by atoms with Gasteiger partial charge in [-0.2, -0.15) is 0 Å². The lowest BCUT2D eigenvalue weighted by atomic mass is 10.00. The van der Waals surface area contributed by atoms with Gasteiger partial charge in [0.1, 0.15) is 6.04 Å². The van der Waals surface area contributed by atoms with Crippen molar-refractivity contribution in [1.82, 2.24) is 16.0 Å². The van der Waals surface area contributed by atoms with Crippen molar-refractivity contribution in [1.29, 1.82) is 0 Å². The Morgan fingerprint density at radius 1 is 1.44 bits per heavy atom. The first-order valence-corrected chi connectivity index (χ1v) is 5.91. The zero-order valence-electron chi connectivity index (χ0n) is 9.64. The van der Waals surface area contributed by atoms with Gasteiger partial charge >= 0.3 is 0 Å². The molecule has 1 aliphatic heterocycles. The Morgan fingerprint density at radius 2 is 2.12 bits per heavy atom. The second-order valence-electron chi connectivity index (χ2n) is 4.99. The van der Waals surface area contributed by atoms with Crippen molar-refractivity contribution in [3.63, 3.8) is 0 Å². The van der Waals surface area contributed by atoms with Crippen molar-refractivity contribution in [2.75, 3.05) is 13.1 Å². The molecule has 1 saturated heterocycles. The molecule has 1 atom stereocenters. The third-order valence-corrected chi connectivity index (χ3v) is 3.46. The Kier molecular flexibility index (Phi) is 3.14. The van der Waals surface area contributed by atoms with E-state index in [0.717, 1.165) is 12.8 Å². The molecule has 0 radical (unpaired) electrons. The van der Waals surface area contributed by atoms with Crippen molar-refractivity contribution in [2.45, 2.75) is 44.2 Å². The molecule has 0 bridgehead atoms. The van der Waals surface area contributed by atoms with Crippen LogP contribution in [0.2, 0.25) is 0 Å². The van der Waals surface area contributed by atoms with Crippen LogP contribution < -0.4 is 16.0 Å². The summed E-state index contributed by atoms with van der Waals surface area (Å²) in [5.41, 5.74) is -0.0414. The van der Waals surface area contributed by atoms with Crippen LogP contribution in [0.3, 0.4) is 0 Å². The van der Waals surface area contributed by atoms with Crippen LogP contribution in [0.25, 0.3) is 0 Å². The molecule has 2 fully saturated rings. The minimum absolute atomic E-state index is 0.00407. The van der Waals surface area contributed by atoms with Crippen molar-refractivity contribution in [3.8, 4) is 0 Å². The second kappa shape index (κ2) is 4.41. The van der Waals surface area contributed by atoms with Gasteiger partial charge in [0.25, 0.3) is 0 Å². The van der Waals surface area contributed by atoms with Gasteiger partial charge in [-0.05, 0) is 19.8 Å². The average Bonchev–Trinajstić information content (AvgIpc) is 2.65. The lowest BCUT2D eigenvalue weighted by Crippen LogP contribution is -2.60. The molecule has 16 heavy (non-hydrogen) atoms. The molecular formula is C11H19N3O2. The fourth-order valence-electron chi connectivity index (χ4n) is 2.42. The maximum atomic E-state index is 11.9. The summed E-state index contributed by atoms with van der Waals surface area (Å²) in [4.78, 5) is 22.9. The van der Waals surface area contributed by atoms with E-state index in [9.17, 15) is 9.59 Å². The summed E-state index contributed by atoms with van der Waals surface area (Å²) in [6, 6.07) is -0.282. The molecule has 90 valence electrons. The summed E-state index contributed by atoms with van der Waals surface area (Å²) in [6.45, 7) is 2.72. The highest BCUT2D eigenvalue weighted by atomic mass is 16.2. The first-order valence-electron chi connectivity index (χ1n) is 5.91. The lowest BCUT2D eigenvalue weighted by Gasteiger charge is -2.30. The van der Waals surface area contributed by atoms with Gasteiger partial charge < -0.3 is 10.6 Å². The van der Waals surface area contributed by atoms with Crippen molar-refractivity contribution >= 4 is 11.8 Å². The third-order valence-electron chi connectivity index (χ3n) is 3.46. The van der Waals surface area contributed by atoms with E-state index in [2.05, 4.69) is 22.9 Å². The molecule has 2 amide bonds. The SMILES string of the molecule is CC1(NC(=O)C2CNC(=O)CN2)CCCC1. The maximum Gasteiger partial charge on any atom is 0.239 e. The summed E-state index contributed by atoms with van der Waals surface area (Å²) >= 11 is 0. The Morgan fingerprint density at radius 3 is 2.69 bits per heavy atom. The molecule has 1 saturated carbocycles. The third kappa shape index (κ3) is 2.52. The normalized spacial score (nSPS) is 28.6. The first kappa shape index (κ1) is 11.4. The summed E-state index contributed by atoms with van der Waals surface area (Å²) in [6.07, 6.45) is 4.48. The molecule has 2 rings (SSSR count). The van der Waals surface area contributed by atoms with Crippen LogP contribution in [-0.4, -0.2) is 36.5 Å². The van der Waals surface area contributed by atoms with Crippen LogP contribution in [0.4, 0.5) is 0 Å². The van der Waals surface area contributed by atoms with Crippen LogP contribution in [0, 0.1) is 0 Å². The minimum Gasteiger partial charge on any atom is -0.353 e. The predicted octanol–water partition coefficient (Wildman–Crippen LogP) is -0.477. The number of carbonyl (C=O) groups is 2. The van der Waals surface area contributed by atoms with Gasteiger partial charge in [-0.1, -0.05) is 12.8 Å². The quantitative estimate of drug-likeness (QED) is 0.594. The fraction of sp³-hybridized carbons (Fsp3) is 0.818. The summed E-state index contributed by atoms with van der Waals surface area (Å²) in [5, 5.41) is 8.71. The van der Waals surface area contributed by atoms with Crippen molar-refractivity contribution in [2.24, 2.45) is 0 Å². The molecular weight excluding hydrogens is 206 g/mol.